The Hall–Kier alpha value is -0.490. The third-order valence-corrected chi connectivity index (χ3v) is 5.69. The van der Waals surface area contributed by atoms with E-state index in [9.17, 15) is 8.42 Å². The number of hydrogen-bond acceptors (Lipinski definition) is 4. The van der Waals surface area contributed by atoms with Gasteiger partial charge in [-0.3, -0.25) is 5.41 Å². The Bertz CT molecular complexity index is 377. The third-order valence-electron chi connectivity index (χ3n) is 2.52. The molecule has 78 valence electrons. The van der Waals surface area contributed by atoms with E-state index in [4.69, 9.17) is 5.41 Å². The van der Waals surface area contributed by atoms with Crippen LogP contribution in [0.25, 0.3) is 0 Å². The first-order valence-corrected chi connectivity index (χ1v) is 7.07. The minimum absolute atomic E-state index is 0.00417. The van der Waals surface area contributed by atoms with Gasteiger partial charge < -0.3 is 4.90 Å². The Morgan fingerprint density at radius 1 is 1.64 bits per heavy atom. The van der Waals surface area contributed by atoms with Gasteiger partial charge in [0.25, 0.3) is 0 Å². The van der Waals surface area contributed by atoms with Gasteiger partial charge in [0.05, 0.1) is 17.5 Å². The number of thioether (sulfide) groups is 1. The predicted octanol–water partition coefficient (Wildman–Crippen LogP) is 0.322. The summed E-state index contributed by atoms with van der Waals surface area (Å²) in [5, 5.41) is 8.23. The van der Waals surface area contributed by atoms with Crippen molar-refractivity contribution in [3.05, 3.63) is 12.7 Å². The van der Waals surface area contributed by atoms with Crippen molar-refractivity contribution in [2.75, 3.05) is 18.1 Å². The second-order valence-corrected chi connectivity index (χ2v) is 6.93. The predicted molar refractivity (Wildman–Crippen MR) is 58.5 cm³/mol. The maximum atomic E-state index is 11.4. The van der Waals surface area contributed by atoms with E-state index in [1.807, 2.05) is 4.90 Å². The van der Waals surface area contributed by atoms with Crippen molar-refractivity contribution in [2.45, 2.75) is 11.3 Å². The van der Waals surface area contributed by atoms with Gasteiger partial charge >= 0.3 is 0 Å². The topological polar surface area (TPSA) is 61.2 Å². The van der Waals surface area contributed by atoms with E-state index in [2.05, 4.69) is 6.58 Å². The van der Waals surface area contributed by atoms with E-state index in [0.29, 0.717) is 11.7 Å². The Kier molecular flexibility index (Phi) is 2.35. The Balaban J connectivity index is 2.21. The highest BCUT2D eigenvalue weighted by Gasteiger charge is 2.47. The fourth-order valence-electron chi connectivity index (χ4n) is 1.92. The minimum Gasteiger partial charge on any atom is -0.343 e. The van der Waals surface area contributed by atoms with Crippen LogP contribution in [-0.2, 0) is 9.84 Å². The van der Waals surface area contributed by atoms with Gasteiger partial charge in [0.15, 0.2) is 15.0 Å². The van der Waals surface area contributed by atoms with E-state index in [1.54, 1.807) is 6.08 Å². The first-order valence-electron chi connectivity index (χ1n) is 4.36. The maximum absolute atomic E-state index is 11.4. The molecular weight excluding hydrogens is 220 g/mol. The molecule has 2 aliphatic heterocycles. The number of amidine groups is 1. The average Bonchev–Trinajstić information content (AvgIpc) is 2.47. The quantitative estimate of drug-likeness (QED) is 0.697. The van der Waals surface area contributed by atoms with E-state index < -0.39 is 9.84 Å². The molecule has 4 nitrogen and oxygen atoms in total. The van der Waals surface area contributed by atoms with Gasteiger partial charge in [-0.2, -0.15) is 0 Å². The van der Waals surface area contributed by atoms with Gasteiger partial charge in [0, 0.05) is 11.8 Å². The summed E-state index contributed by atoms with van der Waals surface area (Å²) in [6, 6.07) is -0.00417. The highest BCUT2D eigenvalue weighted by Crippen LogP contribution is 2.36. The number of fused-ring (bicyclic) bond motifs is 1. The zero-order chi connectivity index (χ0) is 10.3. The second kappa shape index (κ2) is 3.27. The van der Waals surface area contributed by atoms with Crippen LogP contribution in [0.4, 0.5) is 0 Å². The smallest absolute Gasteiger partial charge is 0.157 e. The molecule has 0 bridgehead atoms. The van der Waals surface area contributed by atoms with Crippen LogP contribution in [0, 0.1) is 5.41 Å². The maximum Gasteiger partial charge on any atom is 0.157 e. The number of nitrogens with zero attached hydrogens (tertiary/aromatic N) is 1. The van der Waals surface area contributed by atoms with Crippen LogP contribution in [-0.4, -0.2) is 47.8 Å². The number of nitrogens with one attached hydrogen (secondary N) is 1. The van der Waals surface area contributed by atoms with Crippen LogP contribution >= 0.6 is 11.8 Å². The van der Waals surface area contributed by atoms with Crippen LogP contribution in [0.5, 0.6) is 0 Å². The largest absolute Gasteiger partial charge is 0.343 e. The standard InChI is InChI=1S/C8H12N2O2S2/c1-2-3-10-6-4-14(11,12)5-7(6)13-8(10)9/h2,6-7,9H,1,3-5H2/t6-,7-/m0/s1. The molecule has 2 fully saturated rings. The van der Waals surface area contributed by atoms with Gasteiger partial charge in [-0.25, -0.2) is 8.42 Å². The molecule has 0 aliphatic carbocycles. The molecule has 2 aliphatic rings. The fraction of sp³-hybridized carbons (Fsp3) is 0.625. The lowest BCUT2D eigenvalue weighted by Crippen LogP contribution is -2.36. The zero-order valence-electron chi connectivity index (χ0n) is 7.64. The lowest BCUT2D eigenvalue weighted by molar-refractivity contribution is 0.389. The highest BCUT2D eigenvalue weighted by atomic mass is 32.2. The Labute approximate surface area is 87.8 Å². The van der Waals surface area contributed by atoms with Crippen molar-refractivity contribution in [2.24, 2.45) is 0 Å². The minimum atomic E-state index is -2.87. The van der Waals surface area contributed by atoms with E-state index in [-0.39, 0.29) is 22.8 Å². The van der Waals surface area contributed by atoms with Crippen molar-refractivity contribution < 1.29 is 8.42 Å². The molecule has 1 N–H and O–H groups in total. The van der Waals surface area contributed by atoms with Crippen LogP contribution < -0.4 is 0 Å². The molecule has 0 spiro atoms. The molecule has 2 heterocycles. The van der Waals surface area contributed by atoms with Crippen LogP contribution in [0.15, 0.2) is 12.7 Å². The molecule has 6 heteroatoms. The lowest BCUT2D eigenvalue weighted by atomic mass is 10.2. The molecule has 14 heavy (non-hydrogen) atoms. The van der Waals surface area contributed by atoms with Gasteiger partial charge in [0.1, 0.15) is 0 Å². The normalized spacial score (nSPS) is 34.6. The molecule has 2 saturated heterocycles. The Morgan fingerprint density at radius 2 is 2.36 bits per heavy atom. The molecule has 0 aromatic rings. The summed E-state index contributed by atoms with van der Waals surface area (Å²) >= 11 is 1.37. The van der Waals surface area contributed by atoms with Crippen molar-refractivity contribution in [1.29, 1.82) is 5.41 Å². The summed E-state index contributed by atoms with van der Waals surface area (Å²) in [4.78, 5) is 1.83. The van der Waals surface area contributed by atoms with Crippen molar-refractivity contribution in [1.82, 2.24) is 4.90 Å². The third kappa shape index (κ3) is 1.56. The second-order valence-electron chi connectivity index (χ2n) is 3.55. The van der Waals surface area contributed by atoms with Crippen molar-refractivity contribution in [3.63, 3.8) is 0 Å². The molecule has 0 unspecified atom stereocenters. The summed E-state index contributed by atoms with van der Waals surface area (Å²) in [5.41, 5.74) is 0. The first-order chi connectivity index (χ1) is 6.53. The summed E-state index contributed by atoms with van der Waals surface area (Å²) in [7, 11) is -2.87. The molecule has 0 aromatic heterocycles. The van der Waals surface area contributed by atoms with Crippen molar-refractivity contribution in [3.8, 4) is 0 Å². The number of hydrogen-bond donors (Lipinski definition) is 1. The molecular formula is C8H12N2O2S2. The number of rotatable bonds is 2. The fourth-order valence-corrected chi connectivity index (χ4v) is 5.76. The van der Waals surface area contributed by atoms with Crippen molar-refractivity contribution >= 4 is 26.8 Å². The molecule has 0 saturated carbocycles. The summed E-state index contributed by atoms with van der Waals surface area (Å²) in [6.45, 7) is 4.18. The Morgan fingerprint density at radius 3 is 3.00 bits per heavy atom. The summed E-state index contributed by atoms with van der Waals surface area (Å²) in [5.74, 6) is 0.416. The van der Waals surface area contributed by atoms with Crippen LogP contribution in [0.3, 0.4) is 0 Å². The summed E-state index contributed by atoms with van der Waals surface area (Å²) in [6.07, 6.45) is 1.71. The van der Waals surface area contributed by atoms with Gasteiger partial charge in [-0.15, -0.1) is 6.58 Å². The zero-order valence-corrected chi connectivity index (χ0v) is 9.27. The molecule has 2 rings (SSSR count). The van der Waals surface area contributed by atoms with Crippen LogP contribution in [0.2, 0.25) is 0 Å². The van der Waals surface area contributed by atoms with Gasteiger partial charge in [0.2, 0.25) is 0 Å². The van der Waals surface area contributed by atoms with Gasteiger partial charge in [-0.1, -0.05) is 17.8 Å². The van der Waals surface area contributed by atoms with E-state index in [0.717, 1.165) is 0 Å². The SMILES string of the molecule is C=CCN1C(=N)S[C@H]2CS(=O)(=O)C[C@@H]21. The average molecular weight is 232 g/mol. The highest BCUT2D eigenvalue weighted by molar-refractivity contribution is 8.15. The monoisotopic (exact) mass is 232 g/mol. The first kappa shape index (κ1) is 10.0. The molecule has 2 atom stereocenters. The molecule has 0 radical (unpaired) electrons. The molecule has 0 aromatic carbocycles. The summed E-state index contributed by atoms with van der Waals surface area (Å²) < 4.78 is 22.7. The van der Waals surface area contributed by atoms with Gasteiger partial charge in [-0.05, 0) is 0 Å². The van der Waals surface area contributed by atoms with E-state index >= 15 is 0 Å². The number of sulfone groups is 1. The van der Waals surface area contributed by atoms with Crippen LogP contribution in [0.1, 0.15) is 0 Å². The molecule has 0 amide bonds. The van der Waals surface area contributed by atoms with E-state index in [1.165, 1.54) is 11.8 Å². The lowest BCUT2D eigenvalue weighted by Gasteiger charge is -2.21.